The van der Waals surface area contributed by atoms with Gasteiger partial charge in [0.1, 0.15) is 5.75 Å². The summed E-state index contributed by atoms with van der Waals surface area (Å²) in [6, 6.07) is 5.81. The molecule has 2 atom stereocenters. The molecular weight excluding hydrogens is 276 g/mol. The summed E-state index contributed by atoms with van der Waals surface area (Å²) < 4.78 is 5.74. The summed E-state index contributed by atoms with van der Waals surface area (Å²) in [5.41, 5.74) is 8.40. The van der Waals surface area contributed by atoms with Crippen molar-refractivity contribution in [2.45, 2.75) is 50.7 Å². The average molecular weight is 304 g/mol. The van der Waals surface area contributed by atoms with Crippen LogP contribution in [0.1, 0.15) is 49.3 Å². The van der Waals surface area contributed by atoms with Gasteiger partial charge in [0.2, 0.25) is 0 Å². The molecule has 0 spiro atoms. The Morgan fingerprint density at radius 1 is 1.14 bits per heavy atom. The van der Waals surface area contributed by atoms with Gasteiger partial charge in [0.05, 0.1) is 12.7 Å². The van der Waals surface area contributed by atoms with E-state index in [1.807, 2.05) is 12.1 Å². The Kier molecular flexibility index (Phi) is 5.34. The Balaban J connectivity index is 1.65. The summed E-state index contributed by atoms with van der Waals surface area (Å²) >= 11 is 0. The lowest BCUT2D eigenvalue weighted by atomic mass is 9.97. The maximum atomic E-state index is 10.6. The molecule has 3 N–H and O–H groups in total. The molecule has 2 heterocycles. The second-order valence-corrected chi connectivity index (χ2v) is 6.64. The van der Waals surface area contributed by atoms with Gasteiger partial charge in [-0.3, -0.25) is 0 Å². The fraction of sp³-hybridized carbons (Fsp3) is 0.667. The van der Waals surface area contributed by atoms with E-state index >= 15 is 0 Å². The predicted molar refractivity (Wildman–Crippen MR) is 88.1 cm³/mol. The summed E-state index contributed by atoms with van der Waals surface area (Å²) in [4.78, 5) is 2.38. The van der Waals surface area contributed by atoms with Gasteiger partial charge in [-0.15, -0.1) is 0 Å². The molecule has 0 saturated carbocycles. The number of nitrogens with zero attached hydrogens (tertiary/aromatic N) is 1. The fourth-order valence-electron chi connectivity index (χ4n) is 3.51. The molecule has 0 unspecified atom stereocenters. The topological polar surface area (TPSA) is 58.7 Å². The number of benzene rings is 1. The first-order valence-electron chi connectivity index (χ1n) is 8.65. The predicted octanol–water partition coefficient (Wildman–Crippen LogP) is 2.25. The molecule has 2 aliphatic rings. The fourth-order valence-corrected chi connectivity index (χ4v) is 3.51. The van der Waals surface area contributed by atoms with Crippen LogP contribution in [0.25, 0.3) is 0 Å². The van der Waals surface area contributed by atoms with Gasteiger partial charge in [-0.2, -0.15) is 0 Å². The molecule has 2 aliphatic heterocycles. The molecule has 0 aliphatic carbocycles. The smallest absolute Gasteiger partial charge is 0.122 e. The van der Waals surface area contributed by atoms with Crippen LogP contribution < -0.4 is 10.5 Å². The molecule has 1 aromatic carbocycles. The Hall–Kier alpha value is -1.10. The second kappa shape index (κ2) is 7.44. The standard InChI is InChI=1S/C18H28N2O2/c19-16(13-20-9-3-1-4-10-20)18(21)15-7-8-17-14(12-15)6-2-5-11-22-17/h7-8,12,16,18,21H,1-6,9-11,13,19H2/t16-,18-/m1/s1. The molecule has 3 rings (SSSR count). The van der Waals surface area contributed by atoms with Gasteiger partial charge < -0.3 is 20.5 Å². The minimum absolute atomic E-state index is 0.233. The highest BCUT2D eigenvalue weighted by Crippen LogP contribution is 2.28. The molecule has 4 nitrogen and oxygen atoms in total. The van der Waals surface area contributed by atoms with Gasteiger partial charge >= 0.3 is 0 Å². The first-order chi connectivity index (χ1) is 10.7. The lowest BCUT2D eigenvalue weighted by molar-refractivity contribution is 0.111. The highest BCUT2D eigenvalue weighted by atomic mass is 16.5. The highest BCUT2D eigenvalue weighted by molar-refractivity contribution is 5.39. The van der Waals surface area contributed by atoms with E-state index in [0.29, 0.717) is 0 Å². The number of hydrogen-bond donors (Lipinski definition) is 2. The average Bonchev–Trinajstić information content (AvgIpc) is 2.79. The van der Waals surface area contributed by atoms with Crippen LogP contribution in [0.15, 0.2) is 18.2 Å². The monoisotopic (exact) mass is 304 g/mol. The van der Waals surface area contributed by atoms with Crippen molar-refractivity contribution in [3.8, 4) is 5.75 Å². The van der Waals surface area contributed by atoms with E-state index in [4.69, 9.17) is 10.5 Å². The zero-order valence-corrected chi connectivity index (χ0v) is 13.3. The number of hydrogen-bond acceptors (Lipinski definition) is 4. The first kappa shape index (κ1) is 15.8. The number of aliphatic hydroxyl groups is 1. The highest BCUT2D eigenvalue weighted by Gasteiger charge is 2.22. The molecule has 0 aromatic heterocycles. The van der Waals surface area contributed by atoms with Crippen molar-refractivity contribution in [1.82, 2.24) is 4.90 Å². The number of aliphatic hydroxyl groups excluding tert-OH is 1. The van der Waals surface area contributed by atoms with Crippen molar-refractivity contribution in [1.29, 1.82) is 0 Å². The Morgan fingerprint density at radius 3 is 2.77 bits per heavy atom. The third-order valence-electron chi connectivity index (χ3n) is 4.85. The van der Waals surface area contributed by atoms with Crippen molar-refractivity contribution in [2.75, 3.05) is 26.2 Å². The van der Waals surface area contributed by atoms with Crippen molar-refractivity contribution in [3.63, 3.8) is 0 Å². The lowest BCUT2D eigenvalue weighted by Crippen LogP contribution is -2.43. The zero-order chi connectivity index (χ0) is 15.4. The van der Waals surface area contributed by atoms with Crippen molar-refractivity contribution >= 4 is 0 Å². The van der Waals surface area contributed by atoms with Crippen LogP contribution >= 0.6 is 0 Å². The summed E-state index contributed by atoms with van der Waals surface area (Å²) in [5, 5.41) is 10.6. The summed E-state index contributed by atoms with van der Waals surface area (Å²) in [6.45, 7) is 3.79. The Morgan fingerprint density at radius 2 is 1.95 bits per heavy atom. The van der Waals surface area contributed by atoms with E-state index < -0.39 is 6.10 Å². The van der Waals surface area contributed by atoms with Crippen LogP contribution in [0.5, 0.6) is 5.75 Å². The maximum absolute atomic E-state index is 10.6. The van der Waals surface area contributed by atoms with Gasteiger partial charge in [-0.05, 0) is 68.5 Å². The summed E-state index contributed by atoms with van der Waals surface area (Å²) in [5.74, 6) is 0.970. The number of aryl methyl sites for hydroxylation is 1. The first-order valence-corrected chi connectivity index (χ1v) is 8.65. The molecule has 1 saturated heterocycles. The van der Waals surface area contributed by atoms with Crippen LogP contribution in [0, 0.1) is 0 Å². The zero-order valence-electron chi connectivity index (χ0n) is 13.3. The van der Waals surface area contributed by atoms with E-state index in [0.717, 1.165) is 56.8 Å². The third-order valence-corrected chi connectivity index (χ3v) is 4.85. The Bertz CT molecular complexity index is 486. The minimum atomic E-state index is -0.601. The van der Waals surface area contributed by atoms with Crippen molar-refractivity contribution in [2.24, 2.45) is 5.73 Å². The Labute approximate surface area is 133 Å². The largest absolute Gasteiger partial charge is 0.493 e. The number of nitrogens with two attached hydrogens (primary N) is 1. The van der Waals surface area contributed by atoms with Gasteiger partial charge in [0, 0.05) is 12.6 Å². The molecule has 0 amide bonds. The van der Waals surface area contributed by atoms with Crippen LogP contribution in [0.4, 0.5) is 0 Å². The minimum Gasteiger partial charge on any atom is -0.493 e. The van der Waals surface area contributed by atoms with Crippen LogP contribution in [0.2, 0.25) is 0 Å². The number of piperidine rings is 1. The van der Waals surface area contributed by atoms with Gasteiger partial charge in [0.25, 0.3) is 0 Å². The SMILES string of the molecule is N[C@H](CN1CCCCC1)[C@H](O)c1ccc2c(c1)CCCCO2. The van der Waals surface area contributed by atoms with Crippen molar-refractivity contribution < 1.29 is 9.84 Å². The molecule has 0 bridgehead atoms. The van der Waals surface area contributed by atoms with E-state index in [2.05, 4.69) is 11.0 Å². The van der Waals surface area contributed by atoms with Gasteiger partial charge in [-0.1, -0.05) is 12.5 Å². The summed E-state index contributed by atoms with van der Waals surface area (Å²) in [7, 11) is 0. The molecule has 122 valence electrons. The molecule has 1 aromatic rings. The number of fused-ring (bicyclic) bond motifs is 1. The molecule has 22 heavy (non-hydrogen) atoms. The number of likely N-dealkylation sites (tertiary alicyclic amines) is 1. The van der Waals surface area contributed by atoms with Crippen LogP contribution in [0.3, 0.4) is 0 Å². The number of rotatable bonds is 4. The van der Waals surface area contributed by atoms with E-state index in [-0.39, 0.29) is 6.04 Å². The van der Waals surface area contributed by atoms with Gasteiger partial charge in [-0.25, -0.2) is 0 Å². The molecule has 1 fully saturated rings. The lowest BCUT2D eigenvalue weighted by Gasteiger charge is -2.31. The third kappa shape index (κ3) is 3.80. The van der Waals surface area contributed by atoms with Crippen LogP contribution in [-0.4, -0.2) is 42.3 Å². The maximum Gasteiger partial charge on any atom is 0.122 e. The molecule has 0 radical (unpaired) electrons. The number of ether oxygens (including phenoxy) is 1. The van der Waals surface area contributed by atoms with Crippen molar-refractivity contribution in [3.05, 3.63) is 29.3 Å². The normalized spacial score (nSPS) is 22.3. The van der Waals surface area contributed by atoms with Crippen LogP contribution in [-0.2, 0) is 6.42 Å². The van der Waals surface area contributed by atoms with E-state index in [9.17, 15) is 5.11 Å². The summed E-state index contributed by atoms with van der Waals surface area (Å²) in [6.07, 6.45) is 6.48. The quantitative estimate of drug-likeness (QED) is 0.896. The molecular formula is C18H28N2O2. The second-order valence-electron chi connectivity index (χ2n) is 6.64. The van der Waals surface area contributed by atoms with E-state index in [1.54, 1.807) is 0 Å². The van der Waals surface area contributed by atoms with E-state index in [1.165, 1.54) is 24.8 Å². The molecule has 4 heteroatoms. The van der Waals surface area contributed by atoms with Gasteiger partial charge in [0.15, 0.2) is 0 Å².